The fourth-order valence-corrected chi connectivity index (χ4v) is 4.16. The maximum absolute atomic E-state index is 13.1. The van der Waals surface area contributed by atoms with E-state index in [0.29, 0.717) is 19.5 Å². The zero-order valence-corrected chi connectivity index (χ0v) is 15.4. The summed E-state index contributed by atoms with van der Waals surface area (Å²) in [6.07, 6.45) is 1.18. The molecule has 27 heavy (non-hydrogen) atoms. The predicted octanol–water partition coefficient (Wildman–Crippen LogP) is 3.29. The number of piperazine rings is 1. The molecular formula is C22H23FN2O2. The maximum Gasteiger partial charge on any atom is 0.242 e. The van der Waals surface area contributed by atoms with Crippen molar-refractivity contribution in [3.05, 3.63) is 71.0 Å². The number of hydrogen-bond acceptors (Lipinski definition) is 2. The van der Waals surface area contributed by atoms with Crippen LogP contribution in [0, 0.1) is 5.82 Å². The summed E-state index contributed by atoms with van der Waals surface area (Å²) >= 11 is 0. The molecule has 4 nitrogen and oxygen atoms in total. The van der Waals surface area contributed by atoms with Crippen LogP contribution in [0.15, 0.2) is 48.5 Å². The number of carbonyl (C=O) groups excluding carboxylic acids is 2. The van der Waals surface area contributed by atoms with Gasteiger partial charge in [0.05, 0.1) is 12.6 Å². The van der Waals surface area contributed by atoms with Crippen molar-refractivity contribution >= 4 is 11.8 Å². The Morgan fingerprint density at radius 3 is 2.70 bits per heavy atom. The van der Waals surface area contributed by atoms with E-state index < -0.39 is 0 Å². The zero-order valence-electron chi connectivity index (χ0n) is 15.4. The first-order chi connectivity index (χ1) is 13.0. The van der Waals surface area contributed by atoms with Crippen LogP contribution >= 0.6 is 0 Å². The standard InChI is InChI=1S/C22H23FN2O2/c1-15(16-6-8-18(23)9-7-16)12-21(26)24-13-20-19-5-3-2-4-17(19)10-11-25(20)22(27)14-24/h2-9,15,20H,10-14H2,1H3. The van der Waals surface area contributed by atoms with Crippen LogP contribution in [-0.4, -0.2) is 41.2 Å². The van der Waals surface area contributed by atoms with Crippen molar-refractivity contribution in [3.63, 3.8) is 0 Å². The molecule has 2 aliphatic rings. The van der Waals surface area contributed by atoms with Crippen molar-refractivity contribution < 1.29 is 14.0 Å². The zero-order chi connectivity index (χ0) is 19.0. The largest absolute Gasteiger partial charge is 0.332 e. The average Bonchev–Trinajstić information content (AvgIpc) is 2.68. The summed E-state index contributed by atoms with van der Waals surface area (Å²) < 4.78 is 13.1. The molecular weight excluding hydrogens is 343 g/mol. The van der Waals surface area contributed by atoms with Gasteiger partial charge in [-0.05, 0) is 41.2 Å². The smallest absolute Gasteiger partial charge is 0.242 e. The van der Waals surface area contributed by atoms with Crippen molar-refractivity contribution in [3.8, 4) is 0 Å². The lowest BCUT2D eigenvalue weighted by molar-refractivity contribution is -0.149. The lowest BCUT2D eigenvalue weighted by atomic mass is 9.90. The second kappa shape index (κ2) is 7.14. The first-order valence-corrected chi connectivity index (χ1v) is 9.43. The van der Waals surface area contributed by atoms with Gasteiger partial charge in [-0.2, -0.15) is 0 Å². The monoisotopic (exact) mass is 366 g/mol. The number of benzene rings is 2. The van der Waals surface area contributed by atoms with Crippen molar-refractivity contribution in [1.82, 2.24) is 9.80 Å². The summed E-state index contributed by atoms with van der Waals surface area (Å²) in [5.41, 5.74) is 3.35. The highest BCUT2D eigenvalue weighted by Gasteiger charge is 2.38. The lowest BCUT2D eigenvalue weighted by Gasteiger charge is -2.44. The number of amides is 2. The third-order valence-electron chi connectivity index (χ3n) is 5.72. The highest BCUT2D eigenvalue weighted by Crippen LogP contribution is 2.33. The van der Waals surface area contributed by atoms with Crippen LogP contribution in [0.2, 0.25) is 0 Å². The molecule has 2 unspecified atom stereocenters. The van der Waals surface area contributed by atoms with Crippen molar-refractivity contribution in [2.24, 2.45) is 0 Å². The molecule has 0 radical (unpaired) electrons. The summed E-state index contributed by atoms with van der Waals surface area (Å²) in [5.74, 6) is -0.314. The van der Waals surface area contributed by atoms with Gasteiger partial charge in [-0.15, -0.1) is 0 Å². The van der Waals surface area contributed by atoms with Crippen LogP contribution in [0.1, 0.15) is 42.0 Å². The Morgan fingerprint density at radius 2 is 1.93 bits per heavy atom. The van der Waals surface area contributed by atoms with E-state index in [1.165, 1.54) is 17.7 Å². The van der Waals surface area contributed by atoms with E-state index in [1.54, 1.807) is 17.0 Å². The van der Waals surface area contributed by atoms with Crippen LogP contribution in [0.4, 0.5) is 4.39 Å². The number of rotatable bonds is 3. The highest BCUT2D eigenvalue weighted by atomic mass is 19.1. The van der Waals surface area contributed by atoms with E-state index in [0.717, 1.165) is 17.5 Å². The van der Waals surface area contributed by atoms with E-state index >= 15 is 0 Å². The maximum atomic E-state index is 13.1. The predicted molar refractivity (Wildman–Crippen MR) is 101 cm³/mol. The van der Waals surface area contributed by atoms with Crippen LogP contribution in [0.5, 0.6) is 0 Å². The molecule has 2 aliphatic heterocycles. The van der Waals surface area contributed by atoms with Crippen molar-refractivity contribution in [1.29, 1.82) is 0 Å². The SMILES string of the molecule is CC(CC(=O)N1CC(=O)N2CCc3ccccc3C2C1)c1ccc(F)cc1. The second-order valence-corrected chi connectivity index (χ2v) is 7.48. The third-order valence-corrected chi connectivity index (χ3v) is 5.72. The van der Waals surface area contributed by atoms with Crippen molar-refractivity contribution in [2.45, 2.75) is 31.7 Å². The molecule has 0 bridgehead atoms. The van der Waals surface area contributed by atoms with Crippen LogP contribution < -0.4 is 0 Å². The van der Waals surface area contributed by atoms with Crippen LogP contribution in [0.3, 0.4) is 0 Å². The van der Waals surface area contributed by atoms with Gasteiger partial charge in [-0.1, -0.05) is 43.3 Å². The van der Waals surface area contributed by atoms with Gasteiger partial charge < -0.3 is 9.80 Å². The Labute approximate surface area is 158 Å². The van der Waals surface area contributed by atoms with Crippen LogP contribution in [0.25, 0.3) is 0 Å². The van der Waals surface area contributed by atoms with Gasteiger partial charge in [0.15, 0.2) is 0 Å². The van der Waals surface area contributed by atoms with Gasteiger partial charge in [0.2, 0.25) is 11.8 Å². The first kappa shape index (κ1) is 17.7. The Bertz CT molecular complexity index is 865. The van der Waals surface area contributed by atoms with Gasteiger partial charge in [0, 0.05) is 19.5 Å². The minimum absolute atomic E-state index is 0.0172. The first-order valence-electron chi connectivity index (χ1n) is 9.43. The Morgan fingerprint density at radius 1 is 1.19 bits per heavy atom. The minimum atomic E-state index is -0.282. The van der Waals surface area contributed by atoms with E-state index in [-0.39, 0.29) is 36.1 Å². The molecule has 0 aromatic heterocycles. The molecule has 1 saturated heterocycles. The van der Waals surface area contributed by atoms with Gasteiger partial charge in [-0.25, -0.2) is 4.39 Å². The number of hydrogen-bond donors (Lipinski definition) is 0. The third kappa shape index (κ3) is 3.46. The average molecular weight is 366 g/mol. The molecule has 2 amide bonds. The number of carbonyl (C=O) groups is 2. The molecule has 0 saturated carbocycles. The molecule has 1 fully saturated rings. The fraction of sp³-hybridized carbons (Fsp3) is 0.364. The molecule has 2 aromatic carbocycles. The Kier molecular flexibility index (Phi) is 4.68. The molecule has 0 N–H and O–H groups in total. The summed E-state index contributed by atoms with van der Waals surface area (Å²) in [4.78, 5) is 29.1. The molecule has 140 valence electrons. The quantitative estimate of drug-likeness (QED) is 0.836. The van der Waals surface area contributed by atoms with Gasteiger partial charge >= 0.3 is 0 Å². The van der Waals surface area contributed by atoms with E-state index in [1.807, 2.05) is 24.0 Å². The Hall–Kier alpha value is -2.69. The Balaban J connectivity index is 1.49. The molecule has 2 aromatic rings. The summed E-state index contributed by atoms with van der Waals surface area (Å²) in [7, 11) is 0. The molecule has 2 atom stereocenters. The number of halogens is 1. The van der Waals surface area contributed by atoms with Crippen molar-refractivity contribution in [2.75, 3.05) is 19.6 Å². The van der Waals surface area contributed by atoms with Gasteiger partial charge in [-0.3, -0.25) is 9.59 Å². The molecule has 5 heteroatoms. The minimum Gasteiger partial charge on any atom is -0.332 e. The van der Waals surface area contributed by atoms with Gasteiger partial charge in [0.1, 0.15) is 5.82 Å². The second-order valence-electron chi connectivity index (χ2n) is 7.48. The van der Waals surface area contributed by atoms with Gasteiger partial charge in [0.25, 0.3) is 0 Å². The molecule has 4 rings (SSSR count). The van der Waals surface area contributed by atoms with E-state index in [9.17, 15) is 14.0 Å². The topological polar surface area (TPSA) is 40.6 Å². The normalized spacial score (nSPS) is 20.1. The fourth-order valence-electron chi connectivity index (χ4n) is 4.16. The van der Waals surface area contributed by atoms with E-state index in [2.05, 4.69) is 12.1 Å². The molecule has 2 heterocycles. The summed E-state index contributed by atoms with van der Waals surface area (Å²) in [5, 5.41) is 0. The number of nitrogens with zero attached hydrogens (tertiary/aromatic N) is 2. The van der Waals surface area contributed by atoms with Crippen LogP contribution in [-0.2, 0) is 16.0 Å². The lowest BCUT2D eigenvalue weighted by Crippen LogP contribution is -2.55. The summed E-state index contributed by atoms with van der Waals surface area (Å²) in [6, 6.07) is 14.4. The summed E-state index contributed by atoms with van der Waals surface area (Å²) in [6.45, 7) is 3.36. The molecule has 0 aliphatic carbocycles. The van der Waals surface area contributed by atoms with E-state index in [4.69, 9.17) is 0 Å². The highest BCUT2D eigenvalue weighted by molar-refractivity contribution is 5.87. The molecule has 0 spiro atoms. The number of fused-ring (bicyclic) bond motifs is 3.